The van der Waals surface area contributed by atoms with Crippen LogP contribution >= 0.6 is 23.1 Å². The van der Waals surface area contributed by atoms with E-state index >= 15 is 0 Å². The van der Waals surface area contributed by atoms with Crippen molar-refractivity contribution in [1.82, 2.24) is 4.90 Å². The SMILES string of the molecule is O=C(O)C1CSCN1C(=O)c1cccs1. The Morgan fingerprint density at radius 3 is 2.93 bits per heavy atom. The van der Waals surface area contributed by atoms with E-state index in [1.807, 2.05) is 5.38 Å². The van der Waals surface area contributed by atoms with Crippen LogP contribution in [0.25, 0.3) is 0 Å². The molecule has 1 saturated heterocycles. The molecule has 0 radical (unpaired) electrons. The Labute approximate surface area is 94.9 Å². The Morgan fingerprint density at radius 2 is 2.33 bits per heavy atom. The maximum atomic E-state index is 11.9. The van der Waals surface area contributed by atoms with Crippen molar-refractivity contribution in [3.63, 3.8) is 0 Å². The van der Waals surface area contributed by atoms with Gasteiger partial charge in [-0.25, -0.2) is 4.79 Å². The predicted molar refractivity (Wildman–Crippen MR) is 59.2 cm³/mol. The van der Waals surface area contributed by atoms with Crippen LogP contribution in [0.4, 0.5) is 0 Å². The molecule has 4 nitrogen and oxygen atoms in total. The van der Waals surface area contributed by atoms with Crippen LogP contribution in [0, 0.1) is 0 Å². The molecule has 1 aliphatic heterocycles. The van der Waals surface area contributed by atoms with E-state index < -0.39 is 12.0 Å². The van der Waals surface area contributed by atoms with Gasteiger partial charge < -0.3 is 10.0 Å². The van der Waals surface area contributed by atoms with Crippen molar-refractivity contribution in [2.24, 2.45) is 0 Å². The molecular weight excluding hydrogens is 234 g/mol. The highest BCUT2D eigenvalue weighted by molar-refractivity contribution is 7.99. The van der Waals surface area contributed by atoms with E-state index in [2.05, 4.69) is 0 Å². The zero-order valence-electron chi connectivity index (χ0n) is 7.75. The van der Waals surface area contributed by atoms with Gasteiger partial charge in [0.1, 0.15) is 6.04 Å². The number of hydrogen-bond acceptors (Lipinski definition) is 4. The van der Waals surface area contributed by atoms with Gasteiger partial charge >= 0.3 is 5.97 Å². The molecule has 80 valence electrons. The standard InChI is InChI=1S/C9H9NO3S2/c11-8(7-2-1-3-15-7)10-5-14-4-6(10)9(12)13/h1-3,6H,4-5H2,(H,12,13). The molecule has 0 saturated carbocycles. The lowest BCUT2D eigenvalue weighted by molar-refractivity contribution is -0.140. The zero-order valence-corrected chi connectivity index (χ0v) is 9.38. The third kappa shape index (κ3) is 2.00. The molecule has 0 aliphatic carbocycles. The van der Waals surface area contributed by atoms with E-state index in [-0.39, 0.29) is 5.91 Å². The topological polar surface area (TPSA) is 57.6 Å². The maximum absolute atomic E-state index is 11.9. The van der Waals surface area contributed by atoms with E-state index in [1.165, 1.54) is 28.0 Å². The van der Waals surface area contributed by atoms with Crippen molar-refractivity contribution in [2.75, 3.05) is 11.6 Å². The second kappa shape index (κ2) is 4.24. The van der Waals surface area contributed by atoms with Gasteiger partial charge in [0, 0.05) is 5.75 Å². The molecule has 1 unspecified atom stereocenters. The largest absolute Gasteiger partial charge is 0.480 e. The summed E-state index contributed by atoms with van der Waals surface area (Å²) >= 11 is 2.81. The molecule has 2 rings (SSSR count). The third-order valence-corrected chi connectivity index (χ3v) is 4.03. The van der Waals surface area contributed by atoms with E-state index in [4.69, 9.17) is 5.11 Å². The van der Waals surface area contributed by atoms with Crippen LogP contribution < -0.4 is 0 Å². The van der Waals surface area contributed by atoms with Crippen molar-refractivity contribution in [3.05, 3.63) is 22.4 Å². The fourth-order valence-electron chi connectivity index (χ4n) is 1.39. The van der Waals surface area contributed by atoms with Crippen LogP contribution in [0.2, 0.25) is 0 Å². The van der Waals surface area contributed by atoms with E-state index in [9.17, 15) is 9.59 Å². The Balaban J connectivity index is 2.17. The predicted octanol–water partition coefficient (Wildman–Crippen LogP) is 1.35. The molecule has 0 spiro atoms. The van der Waals surface area contributed by atoms with Crippen LogP contribution in [0.1, 0.15) is 9.67 Å². The van der Waals surface area contributed by atoms with Crippen molar-refractivity contribution in [1.29, 1.82) is 0 Å². The molecule has 0 aromatic carbocycles. The molecule has 6 heteroatoms. The van der Waals surface area contributed by atoms with Crippen LogP contribution in [-0.2, 0) is 4.79 Å². The molecule has 2 heterocycles. The number of hydrogen-bond donors (Lipinski definition) is 1. The summed E-state index contributed by atoms with van der Waals surface area (Å²) in [6.45, 7) is 0. The number of amides is 1. The van der Waals surface area contributed by atoms with Crippen LogP contribution in [0.5, 0.6) is 0 Å². The minimum Gasteiger partial charge on any atom is -0.480 e. The van der Waals surface area contributed by atoms with Gasteiger partial charge in [-0.15, -0.1) is 23.1 Å². The van der Waals surface area contributed by atoms with Gasteiger partial charge in [0.25, 0.3) is 5.91 Å². The number of thioether (sulfide) groups is 1. The minimum absolute atomic E-state index is 0.178. The molecule has 15 heavy (non-hydrogen) atoms. The summed E-state index contributed by atoms with van der Waals surface area (Å²) in [7, 11) is 0. The molecule has 1 aromatic heterocycles. The van der Waals surface area contributed by atoms with Crippen molar-refractivity contribution >= 4 is 35.0 Å². The second-order valence-corrected chi connectivity index (χ2v) is 5.05. The lowest BCUT2D eigenvalue weighted by Gasteiger charge is -2.19. The highest BCUT2D eigenvalue weighted by atomic mass is 32.2. The summed E-state index contributed by atoms with van der Waals surface area (Å²) in [6.07, 6.45) is 0. The summed E-state index contributed by atoms with van der Waals surface area (Å²) in [5.41, 5.74) is 0. The number of nitrogens with zero attached hydrogens (tertiary/aromatic N) is 1. The number of aliphatic carboxylic acids is 1. The van der Waals surface area contributed by atoms with E-state index in [1.54, 1.807) is 12.1 Å². The Hall–Kier alpha value is -1.01. The number of carbonyl (C=O) groups excluding carboxylic acids is 1. The number of rotatable bonds is 2. The van der Waals surface area contributed by atoms with Gasteiger partial charge in [-0.1, -0.05) is 6.07 Å². The first-order valence-electron chi connectivity index (χ1n) is 4.35. The lowest BCUT2D eigenvalue weighted by atomic mass is 10.3. The smallest absolute Gasteiger partial charge is 0.327 e. The normalized spacial score (nSPS) is 20.5. The fraction of sp³-hybridized carbons (Fsp3) is 0.333. The molecule has 1 amide bonds. The highest BCUT2D eigenvalue weighted by Gasteiger charge is 2.35. The molecule has 1 fully saturated rings. The van der Waals surface area contributed by atoms with Crippen molar-refractivity contribution in [3.8, 4) is 0 Å². The van der Waals surface area contributed by atoms with E-state index in [0.717, 1.165) is 0 Å². The number of carbonyl (C=O) groups is 2. The summed E-state index contributed by atoms with van der Waals surface area (Å²) in [6, 6.07) is 2.83. The number of thiophene rings is 1. The average molecular weight is 243 g/mol. The number of carboxylic acid groups (broad SMARTS) is 1. The monoisotopic (exact) mass is 243 g/mol. The second-order valence-electron chi connectivity index (χ2n) is 3.11. The molecule has 1 N–H and O–H groups in total. The first kappa shape index (κ1) is 10.5. The zero-order chi connectivity index (χ0) is 10.8. The van der Waals surface area contributed by atoms with Crippen LogP contribution in [0.3, 0.4) is 0 Å². The molecule has 1 atom stereocenters. The number of carboxylic acids is 1. The van der Waals surface area contributed by atoms with Crippen LogP contribution in [-0.4, -0.2) is 39.6 Å². The van der Waals surface area contributed by atoms with Crippen molar-refractivity contribution in [2.45, 2.75) is 6.04 Å². The molecule has 0 bridgehead atoms. The van der Waals surface area contributed by atoms with E-state index in [0.29, 0.717) is 16.5 Å². The van der Waals surface area contributed by atoms with Crippen LogP contribution in [0.15, 0.2) is 17.5 Å². The maximum Gasteiger partial charge on any atom is 0.327 e. The third-order valence-electron chi connectivity index (χ3n) is 2.16. The highest BCUT2D eigenvalue weighted by Crippen LogP contribution is 2.24. The first-order chi connectivity index (χ1) is 7.20. The van der Waals surface area contributed by atoms with Gasteiger partial charge in [0.05, 0.1) is 10.8 Å². The lowest BCUT2D eigenvalue weighted by Crippen LogP contribution is -2.41. The molecule has 1 aromatic rings. The Kier molecular flexibility index (Phi) is 2.97. The van der Waals surface area contributed by atoms with Gasteiger partial charge in [0.15, 0.2) is 0 Å². The fourth-order valence-corrected chi connectivity index (χ4v) is 3.21. The Bertz CT molecular complexity index is 377. The van der Waals surface area contributed by atoms with Gasteiger partial charge in [-0.05, 0) is 11.4 Å². The quantitative estimate of drug-likeness (QED) is 0.851. The summed E-state index contributed by atoms with van der Waals surface area (Å²) < 4.78 is 0. The summed E-state index contributed by atoms with van der Waals surface area (Å²) in [5, 5.41) is 10.7. The van der Waals surface area contributed by atoms with Gasteiger partial charge in [-0.2, -0.15) is 0 Å². The molecule has 1 aliphatic rings. The first-order valence-corrected chi connectivity index (χ1v) is 6.38. The molecular formula is C9H9NO3S2. The van der Waals surface area contributed by atoms with Gasteiger partial charge in [0.2, 0.25) is 0 Å². The summed E-state index contributed by atoms with van der Waals surface area (Å²) in [4.78, 5) is 24.8. The average Bonchev–Trinajstić information content (AvgIpc) is 2.88. The summed E-state index contributed by atoms with van der Waals surface area (Å²) in [5.74, 6) is -0.160. The minimum atomic E-state index is -0.926. The van der Waals surface area contributed by atoms with Gasteiger partial charge in [-0.3, -0.25) is 4.79 Å². The Morgan fingerprint density at radius 1 is 1.53 bits per heavy atom. The van der Waals surface area contributed by atoms with Crippen molar-refractivity contribution < 1.29 is 14.7 Å².